The molecule has 1 nitrogen and oxygen atoms in total. The molecule has 0 fully saturated rings. The van der Waals surface area contributed by atoms with E-state index in [0.717, 1.165) is 6.42 Å². The molecule has 0 aliphatic heterocycles. The van der Waals surface area contributed by atoms with Crippen LogP contribution in [0.15, 0.2) is 0 Å². The summed E-state index contributed by atoms with van der Waals surface area (Å²) in [6.45, 7) is 8.18. The van der Waals surface area contributed by atoms with Crippen LogP contribution in [0.1, 0.15) is 40.5 Å². The third-order valence-corrected chi connectivity index (χ3v) is 2.22. The second-order valence-electron chi connectivity index (χ2n) is 3.27. The second kappa shape index (κ2) is 4.48. The number of hydrogen-bond acceptors (Lipinski definition) is 1. The first-order valence-electron chi connectivity index (χ1n) is 4.07. The topological polar surface area (TPSA) is 17.1 Å². The zero-order valence-corrected chi connectivity index (χ0v) is 7.48. The van der Waals surface area contributed by atoms with Crippen molar-refractivity contribution in [2.45, 2.75) is 40.5 Å². The number of carbonyl (C=O) groups excluding carboxylic acids is 1. The van der Waals surface area contributed by atoms with Gasteiger partial charge < -0.3 is 4.79 Å². The maximum Gasteiger partial charge on any atom is 0.130 e. The van der Waals surface area contributed by atoms with Gasteiger partial charge in [-0.1, -0.05) is 27.2 Å². The van der Waals surface area contributed by atoms with Crippen molar-refractivity contribution in [2.75, 3.05) is 0 Å². The minimum atomic E-state index is 0.313. The van der Waals surface area contributed by atoms with Crippen molar-refractivity contribution in [3.05, 3.63) is 0 Å². The van der Waals surface area contributed by atoms with Gasteiger partial charge in [-0.2, -0.15) is 0 Å². The van der Waals surface area contributed by atoms with Crippen molar-refractivity contribution in [1.29, 1.82) is 0 Å². The predicted octanol–water partition coefficient (Wildman–Crippen LogP) is 2.65. The largest absolute Gasteiger partial charge is 0.300 e. The van der Waals surface area contributed by atoms with Crippen LogP contribution in [0.2, 0.25) is 0 Å². The highest BCUT2D eigenvalue weighted by atomic mass is 16.1. The molecule has 0 bridgehead atoms. The summed E-state index contributed by atoms with van der Waals surface area (Å²) in [6, 6.07) is 0. The van der Waals surface area contributed by atoms with Gasteiger partial charge in [0, 0.05) is 6.42 Å². The van der Waals surface area contributed by atoms with Crippen LogP contribution in [0.4, 0.5) is 0 Å². The highest BCUT2D eigenvalue weighted by molar-refractivity contribution is 5.75. The molecule has 0 aliphatic carbocycles. The van der Waals surface area contributed by atoms with Gasteiger partial charge in [0.25, 0.3) is 0 Å². The van der Waals surface area contributed by atoms with E-state index in [0.29, 0.717) is 17.6 Å². The zero-order chi connectivity index (χ0) is 8.15. The number of Topliss-reactive ketones (excluding diaryl/α,β-unsaturated/α-hetero) is 1. The zero-order valence-electron chi connectivity index (χ0n) is 7.48. The average Bonchev–Trinajstić information content (AvgIpc) is 1.85. The number of rotatable bonds is 4. The normalized spacial score (nSPS) is 16.4. The predicted molar refractivity (Wildman–Crippen MR) is 43.9 cm³/mol. The molecule has 10 heavy (non-hydrogen) atoms. The summed E-state index contributed by atoms with van der Waals surface area (Å²) in [5.41, 5.74) is 0. The van der Waals surface area contributed by atoms with Gasteiger partial charge in [0.15, 0.2) is 0 Å². The number of carbonyl (C=O) groups is 1. The first-order valence-corrected chi connectivity index (χ1v) is 4.07. The molecule has 0 radical (unpaired) electrons. The molecule has 0 amide bonds. The third kappa shape index (κ3) is 3.65. The van der Waals surface area contributed by atoms with Gasteiger partial charge in [-0.3, -0.25) is 0 Å². The van der Waals surface area contributed by atoms with Gasteiger partial charge in [0.05, 0.1) is 0 Å². The molecule has 1 heteroatoms. The molecular weight excluding hydrogens is 124 g/mol. The molecule has 0 saturated heterocycles. The summed E-state index contributed by atoms with van der Waals surface area (Å²) in [5, 5.41) is 0. The molecule has 0 aromatic rings. The molecule has 2 unspecified atom stereocenters. The van der Waals surface area contributed by atoms with Crippen molar-refractivity contribution >= 4 is 5.78 Å². The average molecular weight is 142 g/mol. The maximum atomic E-state index is 10.7. The Kier molecular flexibility index (Phi) is 4.33. The third-order valence-electron chi connectivity index (χ3n) is 2.22. The molecule has 0 heterocycles. The van der Waals surface area contributed by atoms with E-state index in [4.69, 9.17) is 0 Å². The smallest absolute Gasteiger partial charge is 0.130 e. The lowest BCUT2D eigenvalue weighted by molar-refractivity contribution is -0.118. The van der Waals surface area contributed by atoms with Crippen molar-refractivity contribution in [2.24, 2.45) is 11.8 Å². The molecule has 0 aromatic carbocycles. The summed E-state index contributed by atoms with van der Waals surface area (Å²) in [6.07, 6.45) is 1.92. The van der Waals surface area contributed by atoms with Gasteiger partial charge in [0.2, 0.25) is 0 Å². The van der Waals surface area contributed by atoms with E-state index in [-0.39, 0.29) is 0 Å². The van der Waals surface area contributed by atoms with Crippen molar-refractivity contribution < 1.29 is 4.79 Å². The van der Waals surface area contributed by atoms with Crippen LogP contribution < -0.4 is 0 Å². The second-order valence-corrected chi connectivity index (χ2v) is 3.27. The van der Waals surface area contributed by atoms with Gasteiger partial charge in [-0.25, -0.2) is 0 Å². The van der Waals surface area contributed by atoms with Crippen LogP contribution in [0, 0.1) is 11.8 Å². The fourth-order valence-electron chi connectivity index (χ4n) is 1.06. The molecule has 0 spiro atoms. The highest BCUT2D eigenvalue weighted by Crippen LogP contribution is 2.17. The Morgan fingerprint density at radius 2 is 1.80 bits per heavy atom. The summed E-state index contributed by atoms with van der Waals surface area (Å²) in [5.74, 6) is 1.55. The van der Waals surface area contributed by atoms with Crippen molar-refractivity contribution in [3.8, 4) is 0 Å². The first kappa shape index (κ1) is 9.67. The quantitative estimate of drug-likeness (QED) is 0.589. The Bertz CT molecular complexity index is 107. The molecule has 0 rings (SSSR count). The lowest BCUT2D eigenvalue weighted by Gasteiger charge is -2.15. The van der Waals surface area contributed by atoms with Crippen LogP contribution in [-0.2, 0) is 4.79 Å². The molecule has 2 atom stereocenters. The van der Waals surface area contributed by atoms with E-state index >= 15 is 0 Å². The molecule has 0 saturated carbocycles. The highest BCUT2D eigenvalue weighted by Gasteiger charge is 2.11. The van der Waals surface area contributed by atoms with Gasteiger partial charge in [-0.05, 0) is 18.8 Å². The monoisotopic (exact) mass is 142 g/mol. The number of ketones is 1. The summed E-state index contributed by atoms with van der Waals surface area (Å²) >= 11 is 0. The Morgan fingerprint density at radius 3 is 2.10 bits per heavy atom. The van der Waals surface area contributed by atoms with Crippen LogP contribution in [0.5, 0.6) is 0 Å². The lowest BCUT2D eigenvalue weighted by Crippen LogP contribution is -2.10. The van der Waals surface area contributed by atoms with Crippen LogP contribution in [0.3, 0.4) is 0 Å². The SMILES string of the molecule is CCC(C)C(C)CC(C)=O. The first-order chi connectivity index (χ1) is 4.57. The van der Waals surface area contributed by atoms with Gasteiger partial charge >= 0.3 is 0 Å². The fourth-order valence-corrected chi connectivity index (χ4v) is 1.06. The van der Waals surface area contributed by atoms with Crippen molar-refractivity contribution in [1.82, 2.24) is 0 Å². The fraction of sp³-hybridized carbons (Fsp3) is 0.889. The standard InChI is InChI=1S/C9H18O/c1-5-7(2)8(3)6-9(4)10/h7-8H,5-6H2,1-4H3. The summed E-state index contributed by atoms with van der Waals surface area (Å²) in [4.78, 5) is 10.7. The molecular formula is C9H18O. The van der Waals surface area contributed by atoms with E-state index in [2.05, 4.69) is 20.8 Å². The maximum absolute atomic E-state index is 10.7. The van der Waals surface area contributed by atoms with Crippen LogP contribution in [0.25, 0.3) is 0 Å². The minimum absolute atomic E-state index is 0.313. The van der Waals surface area contributed by atoms with Crippen LogP contribution >= 0.6 is 0 Å². The van der Waals surface area contributed by atoms with E-state index in [1.54, 1.807) is 6.92 Å². The van der Waals surface area contributed by atoms with Gasteiger partial charge in [-0.15, -0.1) is 0 Å². The lowest BCUT2D eigenvalue weighted by atomic mass is 9.90. The molecule has 0 aliphatic rings. The minimum Gasteiger partial charge on any atom is -0.300 e. The Hall–Kier alpha value is -0.330. The van der Waals surface area contributed by atoms with E-state index in [9.17, 15) is 4.79 Å². The summed E-state index contributed by atoms with van der Waals surface area (Å²) < 4.78 is 0. The molecule has 0 N–H and O–H groups in total. The van der Waals surface area contributed by atoms with Crippen LogP contribution in [-0.4, -0.2) is 5.78 Å². The van der Waals surface area contributed by atoms with E-state index in [1.165, 1.54) is 6.42 Å². The Morgan fingerprint density at radius 1 is 1.30 bits per heavy atom. The molecule has 0 aromatic heterocycles. The molecule has 60 valence electrons. The Balaban J connectivity index is 3.61. The van der Waals surface area contributed by atoms with E-state index in [1.807, 2.05) is 0 Å². The Labute approximate surface area is 63.8 Å². The van der Waals surface area contributed by atoms with Crippen molar-refractivity contribution in [3.63, 3.8) is 0 Å². The van der Waals surface area contributed by atoms with E-state index < -0.39 is 0 Å². The van der Waals surface area contributed by atoms with Gasteiger partial charge in [0.1, 0.15) is 5.78 Å². The summed E-state index contributed by atoms with van der Waals surface area (Å²) in [7, 11) is 0. The number of hydrogen-bond donors (Lipinski definition) is 0.